The molecular formula is C16H23FN3O2+. The van der Waals surface area contributed by atoms with Gasteiger partial charge in [0.1, 0.15) is 5.82 Å². The van der Waals surface area contributed by atoms with Crippen LogP contribution in [-0.2, 0) is 9.53 Å². The lowest BCUT2D eigenvalue weighted by molar-refractivity contribution is -0.892. The molecule has 3 rings (SSSR count). The molecule has 2 fully saturated rings. The van der Waals surface area contributed by atoms with Crippen LogP contribution < -0.4 is 9.80 Å². The summed E-state index contributed by atoms with van der Waals surface area (Å²) in [6.07, 6.45) is 0. The number of hydrogen-bond donors (Lipinski definition) is 1. The third-order valence-electron chi connectivity index (χ3n) is 4.43. The fourth-order valence-corrected chi connectivity index (χ4v) is 3.05. The molecule has 0 aliphatic carbocycles. The highest BCUT2D eigenvalue weighted by atomic mass is 19.1. The van der Waals surface area contributed by atoms with Crippen molar-refractivity contribution < 1.29 is 18.8 Å². The minimum absolute atomic E-state index is 0.205. The molecule has 0 unspecified atom stereocenters. The van der Waals surface area contributed by atoms with Crippen molar-refractivity contribution >= 4 is 11.6 Å². The third-order valence-corrected chi connectivity index (χ3v) is 4.43. The standard InChI is InChI=1S/C16H22FN3O2/c17-14-1-3-15(4-2-14)19-7-5-18(6-8-19)13-16(21)20-9-11-22-12-10-20/h1-4H,5-13H2/p+1. The number of hydrogen-bond acceptors (Lipinski definition) is 3. The zero-order valence-corrected chi connectivity index (χ0v) is 12.8. The fourth-order valence-electron chi connectivity index (χ4n) is 3.05. The first-order valence-corrected chi connectivity index (χ1v) is 7.92. The Morgan fingerprint density at radius 1 is 1.09 bits per heavy atom. The number of anilines is 1. The highest BCUT2D eigenvalue weighted by Gasteiger charge is 2.25. The van der Waals surface area contributed by atoms with Crippen LogP contribution in [0, 0.1) is 5.82 Å². The quantitative estimate of drug-likeness (QED) is 0.809. The maximum Gasteiger partial charge on any atom is 0.277 e. The van der Waals surface area contributed by atoms with Gasteiger partial charge >= 0.3 is 0 Å². The van der Waals surface area contributed by atoms with Gasteiger partial charge in [0.25, 0.3) is 5.91 Å². The van der Waals surface area contributed by atoms with Gasteiger partial charge in [-0.05, 0) is 24.3 Å². The molecule has 1 amide bonds. The summed E-state index contributed by atoms with van der Waals surface area (Å²) in [6.45, 7) is 6.98. The van der Waals surface area contributed by atoms with Gasteiger partial charge < -0.3 is 19.4 Å². The first kappa shape index (κ1) is 15.2. The Hall–Kier alpha value is -1.66. The van der Waals surface area contributed by atoms with Crippen molar-refractivity contribution in [3.8, 4) is 0 Å². The van der Waals surface area contributed by atoms with Crippen LogP contribution in [0.4, 0.5) is 10.1 Å². The van der Waals surface area contributed by atoms with Crippen molar-refractivity contribution in [2.75, 3.05) is 63.9 Å². The molecule has 1 N–H and O–H groups in total. The first-order chi connectivity index (χ1) is 10.7. The molecule has 0 saturated carbocycles. The fraction of sp³-hybridized carbons (Fsp3) is 0.562. The van der Waals surface area contributed by atoms with Crippen LogP contribution in [-0.4, -0.2) is 69.8 Å². The Bertz CT molecular complexity index is 495. The Morgan fingerprint density at radius 2 is 1.73 bits per heavy atom. The van der Waals surface area contributed by atoms with Crippen molar-refractivity contribution in [2.45, 2.75) is 0 Å². The van der Waals surface area contributed by atoms with Gasteiger partial charge in [-0.15, -0.1) is 0 Å². The van der Waals surface area contributed by atoms with Crippen LogP contribution >= 0.6 is 0 Å². The largest absolute Gasteiger partial charge is 0.378 e. The molecule has 0 spiro atoms. The predicted octanol–water partition coefficient (Wildman–Crippen LogP) is -0.611. The molecule has 2 heterocycles. The zero-order valence-electron chi connectivity index (χ0n) is 12.8. The number of nitrogens with one attached hydrogen (secondary N) is 1. The third kappa shape index (κ3) is 3.75. The molecule has 0 atom stereocenters. The highest BCUT2D eigenvalue weighted by molar-refractivity contribution is 5.77. The first-order valence-electron chi connectivity index (χ1n) is 7.92. The summed E-state index contributed by atoms with van der Waals surface area (Å²) in [4.78, 5) is 17.7. The zero-order chi connectivity index (χ0) is 15.4. The number of nitrogens with zero attached hydrogens (tertiary/aromatic N) is 2. The molecule has 1 aromatic carbocycles. The average molecular weight is 308 g/mol. The van der Waals surface area contributed by atoms with Gasteiger partial charge in [0.15, 0.2) is 6.54 Å². The van der Waals surface area contributed by atoms with Crippen LogP contribution in [0.5, 0.6) is 0 Å². The number of carbonyl (C=O) groups excluding carboxylic acids is 1. The lowest BCUT2D eigenvalue weighted by atomic mass is 10.2. The number of quaternary nitrogens is 1. The predicted molar refractivity (Wildman–Crippen MR) is 81.6 cm³/mol. The van der Waals surface area contributed by atoms with Crippen molar-refractivity contribution in [3.05, 3.63) is 30.1 Å². The van der Waals surface area contributed by atoms with Crippen LogP contribution in [0.3, 0.4) is 0 Å². The second kappa shape index (κ2) is 7.07. The van der Waals surface area contributed by atoms with Crippen LogP contribution in [0.25, 0.3) is 0 Å². The number of piperazine rings is 1. The maximum atomic E-state index is 13.0. The van der Waals surface area contributed by atoms with E-state index >= 15 is 0 Å². The van der Waals surface area contributed by atoms with E-state index in [0.29, 0.717) is 32.8 Å². The number of benzene rings is 1. The van der Waals surface area contributed by atoms with Gasteiger partial charge in [-0.2, -0.15) is 0 Å². The van der Waals surface area contributed by atoms with Crippen molar-refractivity contribution in [2.24, 2.45) is 0 Å². The van der Waals surface area contributed by atoms with E-state index in [4.69, 9.17) is 4.74 Å². The monoisotopic (exact) mass is 308 g/mol. The van der Waals surface area contributed by atoms with Crippen molar-refractivity contribution in [1.29, 1.82) is 0 Å². The van der Waals surface area contributed by atoms with Gasteiger partial charge in [-0.25, -0.2) is 4.39 Å². The molecule has 2 aliphatic rings. The number of ether oxygens (including phenoxy) is 1. The van der Waals surface area contributed by atoms with E-state index in [1.54, 1.807) is 0 Å². The van der Waals surface area contributed by atoms with E-state index in [1.807, 2.05) is 17.0 Å². The van der Waals surface area contributed by atoms with E-state index in [2.05, 4.69) is 4.90 Å². The normalized spacial score (nSPS) is 20.2. The minimum Gasteiger partial charge on any atom is -0.378 e. The maximum absolute atomic E-state index is 13.0. The van der Waals surface area contributed by atoms with Gasteiger partial charge in [-0.3, -0.25) is 4.79 Å². The molecular weight excluding hydrogens is 285 g/mol. The van der Waals surface area contributed by atoms with Crippen LogP contribution in [0.15, 0.2) is 24.3 Å². The molecule has 22 heavy (non-hydrogen) atoms. The molecule has 6 heteroatoms. The lowest BCUT2D eigenvalue weighted by Gasteiger charge is -2.34. The van der Waals surface area contributed by atoms with Gasteiger partial charge in [0.05, 0.1) is 39.4 Å². The number of halogens is 1. The van der Waals surface area contributed by atoms with Gasteiger partial charge in [-0.1, -0.05) is 0 Å². The summed E-state index contributed by atoms with van der Waals surface area (Å²) in [5.41, 5.74) is 1.06. The molecule has 0 bridgehead atoms. The van der Waals surface area contributed by atoms with E-state index in [1.165, 1.54) is 17.0 Å². The second-order valence-electron chi connectivity index (χ2n) is 5.88. The Labute approximate surface area is 130 Å². The molecule has 1 aromatic rings. The number of morpholine rings is 1. The molecule has 0 aromatic heterocycles. The topological polar surface area (TPSA) is 37.2 Å². The second-order valence-corrected chi connectivity index (χ2v) is 5.88. The summed E-state index contributed by atoms with van der Waals surface area (Å²) < 4.78 is 18.2. The lowest BCUT2D eigenvalue weighted by Crippen LogP contribution is -3.16. The number of carbonyl (C=O) groups is 1. The highest BCUT2D eigenvalue weighted by Crippen LogP contribution is 2.14. The summed E-state index contributed by atoms with van der Waals surface area (Å²) in [7, 11) is 0. The van der Waals surface area contributed by atoms with E-state index in [0.717, 1.165) is 31.9 Å². The smallest absolute Gasteiger partial charge is 0.277 e. The Morgan fingerprint density at radius 3 is 2.36 bits per heavy atom. The van der Waals surface area contributed by atoms with Crippen molar-refractivity contribution in [1.82, 2.24) is 4.90 Å². The summed E-state index contributed by atoms with van der Waals surface area (Å²) in [5.74, 6) is 0.0256. The Kier molecular flexibility index (Phi) is 4.90. The molecule has 120 valence electrons. The van der Waals surface area contributed by atoms with E-state index in [-0.39, 0.29) is 11.7 Å². The van der Waals surface area contributed by atoms with E-state index in [9.17, 15) is 9.18 Å². The molecule has 2 saturated heterocycles. The number of rotatable bonds is 3. The average Bonchev–Trinajstić information content (AvgIpc) is 2.57. The molecule has 5 nitrogen and oxygen atoms in total. The summed E-state index contributed by atoms with van der Waals surface area (Å²) >= 11 is 0. The summed E-state index contributed by atoms with van der Waals surface area (Å²) in [5, 5.41) is 0. The van der Waals surface area contributed by atoms with Gasteiger partial charge in [0, 0.05) is 18.8 Å². The molecule has 0 radical (unpaired) electrons. The summed E-state index contributed by atoms with van der Waals surface area (Å²) in [6, 6.07) is 6.63. The SMILES string of the molecule is O=C(C[NH+]1CCN(c2ccc(F)cc2)CC1)N1CCOCC1. The number of amides is 1. The van der Waals surface area contributed by atoms with Gasteiger partial charge in [0.2, 0.25) is 0 Å². The van der Waals surface area contributed by atoms with Crippen LogP contribution in [0.2, 0.25) is 0 Å². The van der Waals surface area contributed by atoms with E-state index < -0.39 is 0 Å². The molecule has 2 aliphatic heterocycles. The van der Waals surface area contributed by atoms with Crippen LogP contribution in [0.1, 0.15) is 0 Å². The Balaban J connectivity index is 1.47. The minimum atomic E-state index is -0.205. The van der Waals surface area contributed by atoms with Crippen molar-refractivity contribution in [3.63, 3.8) is 0 Å².